The second-order valence-corrected chi connectivity index (χ2v) is 8.19. The smallest absolute Gasteiger partial charge is 0.335 e. The average Bonchev–Trinajstić information content (AvgIpc) is 3.29. The van der Waals surface area contributed by atoms with Crippen molar-refractivity contribution in [3.63, 3.8) is 0 Å². The summed E-state index contributed by atoms with van der Waals surface area (Å²) in [4.78, 5) is 16.7. The van der Waals surface area contributed by atoms with Gasteiger partial charge in [0.2, 0.25) is 0 Å². The number of hydrogen-bond acceptors (Lipinski definition) is 4. The van der Waals surface area contributed by atoms with Crippen LogP contribution in [0.3, 0.4) is 0 Å². The Morgan fingerprint density at radius 1 is 1.11 bits per heavy atom. The molecule has 5 nitrogen and oxygen atoms in total. The number of oxime groups is 1. The molecular weight excluding hydrogens is 342 g/mol. The quantitative estimate of drug-likeness (QED) is 0.568. The molecule has 1 aromatic rings. The summed E-state index contributed by atoms with van der Waals surface area (Å²) in [5.41, 5.74) is 1.52. The molecule has 5 heteroatoms. The standard InChI is InChI=1S/C22H29NO4/c24-22(25)16-9-6-15(7-10-16)8-11-18-19(21-13-12-20(18)26-21)14-23-27-17-4-2-1-3-5-17/h6-7,9-10,14,17-21H,1-5,8,11-13H2,(H,24,25). The molecule has 1 N–H and O–H groups in total. The normalized spacial score (nSPS) is 30.8. The minimum Gasteiger partial charge on any atom is -0.478 e. The third-order valence-corrected chi connectivity index (χ3v) is 6.45. The van der Waals surface area contributed by atoms with Crippen molar-refractivity contribution in [2.75, 3.05) is 0 Å². The van der Waals surface area contributed by atoms with Crippen LogP contribution in [0, 0.1) is 11.8 Å². The SMILES string of the molecule is O=C(O)c1ccc(CCC2C3CCC(O3)C2C=NOC2CCCCC2)cc1. The van der Waals surface area contributed by atoms with Crippen molar-refractivity contribution >= 4 is 12.2 Å². The molecule has 1 saturated carbocycles. The number of rotatable bonds is 7. The first-order valence-electron chi connectivity index (χ1n) is 10.4. The van der Waals surface area contributed by atoms with Crippen LogP contribution in [-0.2, 0) is 16.0 Å². The van der Waals surface area contributed by atoms with E-state index < -0.39 is 5.97 Å². The highest BCUT2D eigenvalue weighted by molar-refractivity contribution is 5.87. The summed E-state index contributed by atoms with van der Waals surface area (Å²) in [6, 6.07) is 7.22. The Bertz CT molecular complexity index is 665. The Morgan fingerprint density at radius 2 is 1.85 bits per heavy atom. The zero-order chi connectivity index (χ0) is 18.6. The molecule has 3 fully saturated rings. The van der Waals surface area contributed by atoms with Crippen LogP contribution in [0.4, 0.5) is 0 Å². The number of aryl methyl sites for hydroxylation is 1. The molecule has 27 heavy (non-hydrogen) atoms. The number of carboxylic acid groups (broad SMARTS) is 1. The molecule has 4 unspecified atom stereocenters. The Hall–Kier alpha value is -1.88. The number of benzene rings is 1. The second kappa shape index (κ2) is 8.42. The fourth-order valence-electron chi connectivity index (χ4n) is 4.91. The van der Waals surface area contributed by atoms with E-state index in [9.17, 15) is 4.79 Å². The fourth-order valence-corrected chi connectivity index (χ4v) is 4.91. The zero-order valence-corrected chi connectivity index (χ0v) is 15.8. The van der Waals surface area contributed by atoms with Gasteiger partial charge in [-0.1, -0.05) is 23.7 Å². The molecule has 2 heterocycles. The van der Waals surface area contributed by atoms with E-state index in [-0.39, 0.29) is 6.10 Å². The van der Waals surface area contributed by atoms with Gasteiger partial charge in [-0.15, -0.1) is 0 Å². The summed E-state index contributed by atoms with van der Waals surface area (Å²) < 4.78 is 6.15. The van der Waals surface area contributed by atoms with E-state index >= 15 is 0 Å². The number of carbonyl (C=O) groups is 1. The van der Waals surface area contributed by atoms with Crippen molar-refractivity contribution in [3.8, 4) is 0 Å². The molecular formula is C22H29NO4. The molecule has 146 valence electrons. The van der Waals surface area contributed by atoms with E-state index in [0.29, 0.717) is 29.6 Å². The van der Waals surface area contributed by atoms with Gasteiger partial charge in [-0.25, -0.2) is 4.79 Å². The molecule has 1 aromatic carbocycles. The predicted octanol–water partition coefficient (Wildman–Crippen LogP) is 4.45. The molecule has 4 atom stereocenters. The lowest BCUT2D eigenvalue weighted by Gasteiger charge is -2.25. The van der Waals surface area contributed by atoms with Gasteiger partial charge < -0.3 is 14.7 Å². The van der Waals surface area contributed by atoms with Crippen LogP contribution < -0.4 is 0 Å². The summed E-state index contributed by atoms with van der Waals surface area (Å²) in [6.45, 7) is 0. The van der Waals surface area contributed by atoms with Gasteiger partial charge in [0, 0.05) is 12.1 Å². The van der Waals surface area contributed by atoms with Crippen LogP contribution in [0.25, 0.3) is 0 Å². The molecule has 2 saturated heterocycles. The second-order valence-electron chi connectivity index (χ2n) is 8.19. The van der Waals surface area contributed by atoms with E-state index in [2.05, 4.69) is 5.16 Å². The van der Waals surface area contributed by atoms with Crippen LogP contribution in [0.15, 0.2) is 29.4 Å². The van der Waals surface area contributed by atoms with Crippen molar-refractivity contribution in [1.82, 2.24) is 0 Å². The molecule has 4 rings (SSSR count). The molecule has 0 amide bonds. The average molecular weight is 371 g/mol. The van der Waals surface area contributed by atoms with E-state index in [1.807, 2.05) is 18.3 Å². The number of fused-ring (bicyclic) bond motifs is 2. The van der Waals surface area contributed by atoms with Crippen molar-refractivity contribution in [1.29, 1.82) is 0 Å². The lowest BCUT2D eigenvalue weighted by molar-refractivity contribution is 0.0323. The molecule has 1 aliphatic carbocycles. The molecule has 2 aliphatic heterocycles. The fraction of sp³-hybridized carbons (Fsp3) is 0.636. The topological polar surface area (TPSA) is 68.1 Å². The minimum atomic E-state index is -0.878. The predicted molar refractivity (Wildman–Crippen MR) is 103 cm³/mol. The Morgan fingerprint density at radius 3 is 2.59 bits per heavy atom. The van der Waals surface area contributed by atoms with Crippen molar-refractivity contribution < 1.29 is 19.5 Å². The maximum Gasteiger partial charge on any atom is 0.335 e. The Kier molecular flexibility index (Phi) is 5.77. The summed E-state index contributed by atoms with van der Waals surface area (Å²) in [5, 5.41) is 13.4. The van der Waals surface area contributed by atoms with Crippen molar-refractivity contribution in [2.45, 2.75) is 76.1 Å². The van der Waals surface area contributed by atoms with Crippen LogP contribution in [-0.4, -0.2) is 35.6 Å². The summed E-state index contributed by atoms with van der Waals surface area (Å²) in [6.07, 6.45) is 13.2. The van der Waals surface area contributed by atoms with Gasteiger partial charge in [-0.3, -0.25) is 0 Å². The maximum absolute atomic E-state index is 11.0. The summed E-state index contributed by atoms with van der Waals surface area (Å²) >= 11 is 0. The number of aromatic carboxylic acids is 1. The highest BCUT2D eigenvalue weighted by atomic mass is 16.6. The molecule has 2 bridgehead atoms. The van der Waals surface area contributed by atoms with Gasteiger partial charge in [-0.05, 0) is 75.0 Å². The van der Waals surface area contributed by atoms with Crippen LogP contribution in [0.5, 0.6) is 0 Å². The highest BCUT2D eigenvalue weighted by Crippen LogP contribution is 2.44. The summed E-state index contributed by atoms with van der Waals surface area (Å²) in [5.74, 6) is -0.0652. The Balaban J connectivity index is 1.33. The lowest BCUT2D eigenvalue weighted by Crippen LogP contribution is -2.29. The summed E-state index contributed by atoms with van der Waals surface area (Å²) in [7, 11) is 0. The van der Waals surface area contributed by atoms with Crippen LogP contribution in [0.2, 0.25) is 0 Å². The number of ether oxygens (including phenoxy) is 1. The van der Waals surface area contributed by atoms with E-state index in [0.717, 1.165) is 38.5 Å². The first-order valence-corrected chi connectivity index (χ1v) is 10.4. The number of nitrogens with zero attached hydrogens (tertiary/aromatic N) is 1. The van der Waals surface area contributed by atoms with Gasteiger partial charge in [0.25, 0.3) is 0 Å². The zero-order valence-electron chi connectivity index (χ0n) is 15.8. The number of hydrogen-bond donors (Lipinski definition) is 1. The third kappa shape index (κ3) is 4.34. The lowest BCUT2D eigenvalue weighted by atomic mass is 9.77. The van der Waals surface area contributed by atoms with E-state index in [4.69, 9.17) is 14.7 Å². The Labute approximate surface area is 160 Å². The van der Waals surface area contributed by atoms with Crippen LogP contribution >= 0.6 is 0 Å². The molecule has 0 aromatic heterocycles. The molecule has 0 spiro atoms. The molecule has 3 aliphatic rings. The van der Waals surface area contributed by atoms with Gasteiger partial charge in [0.1, 0.15) is 6.10 Å². The monoisotopic (exact) mass is 371 g/mol. The van der Waals surface area contributed by atoms with Gasteiger partial charge in [-0.2, -0.15) is 0 Å². The maximum atomic E-state index is 11.0. The largest absolute Gasteiger partial charge is 0.478 e. The van der Waals surface area contributed by atoms with Gasteiger partial charge in [0.05, 0.1) is 17.8 Å². The first kappa shape index (κ1) is 18.5. The molecule has 0 radical (unpaired) electrons. The van der Waals surface area contributed by atoms with Crippen molar-refractivity contribution in [3.05, 3.63) is 35.4 Å². The van der Waals surface area contributed by atoms with Gasteiger partial charge in [0.15, 0.2) is 0 Å². The van der Waals surface area contributed by atoms with E-state index in [1.165, 1.54) is 24.8 Å². The first-order chi connectivity index (χ1) is 13.2. The van der Waals surface area contributed by atoms with E-state index in [1.54, 1.807) is 12.1 Å². The van der Waals surface area contributed by atoms with Crippen LogP contribution in [0.1, 0.15) is 67.3 Å². The highest BCUT2D eigenvalue weighted by Gasteiger charge is 2.47. The van der Waals surface area contributed by atoms with Gasteiger partial charge >= 0.3 is 5.97 Å². The third-order valence-electron chi connectivity index (χ3n) is 6.45. The number of carboxylic acids is 1. The van der Waals surface area contributed by atoms with Crippen molar-refractivity contribution in [2.24, 2.45) is 17.0 Å². The minimum absolute atomic E-state index is 0.285.